The molecule has 4 amide bonds. The average Bonchev–Trinajstić information content (AvgIpc) is 3.49. The lowest BCUT2D eigenvalue weighted by atomic mass is 9.44. The number of carbonyl (C=O) groups is 5. The van der Waals surface area contributed by atoms with E-state index in [9.17, 15) is 29.2 Å². The van der Waals surface area contributed by atoms with E-state index in [2.05, 4.69) is 63.7 Å². The number of halogens is 1. The van der Waals surface area contributed by atoms with Crippen LogP contribution in [0.3, 0.4) is 0 Å². The van der Waals surface area contributed by atoms with Crippen molar-refractivity contribution in [2.45, 2.75) is 78.4 Å². The number of imide groups is 2. The molecule has 1 N–H and O–H groups in total. The predicted octanol–water partition coefficient (Wildman–Crippen LogP) is 5.53. The summed E-state index contributed by atoms with van der Waals surface area (Å²) in [5, 5.41) is 11.8. The van der Waals surface area contributed by atoms with E-state index in [1.165, 1.54) is 0 Å². The highest BCUT2D eigenvalue weighted by molar-refractivity contribution is 6.31. The van der Waals surface area contributed by atoms with Gasteiger partial charge in [-0.05, 0) is 74.4 Å². The minimum absolute atomic E-state index is 0.0179. The van der Waals surface area contributed by atoms with Gasteiger partial charge in [-0.1, -0.05) is 39.3 Å². The fourth-order valence-corrected chi connectivity index (χ4v) is 10.6. The molecule has 14 nitrogen and oxygen atoms in total. The Morgan fingerprint density at radius 2 is 1.57 bits per heavy atom. The van der Waals surface area contributed by atoms with E-state index in [1.807, 2.05) is 6.07 Å². The van der Waals surface area contributed by atoms with Crippen molar-refractivity contribution in [3.63, 3.8) is 0 Å². The van der Waals surface area contributed by atoms with Gasteiger partial charge in [-0.2, -0.15) is 5.26 Å². The molecule has 60 heavy (non-hydrogen) atoms. The first-order valence-electron chi connectivity index (χ1n) is 20.9. The number of amides is 4. The van der Waals surface area contributed by atoms with Crippen molar-refractivity contribution in [2.75, 3.05) is 55.6 Å². The van der Waals surface area contributed by atoms with E-state index in [-0.39, 0.29) is 41.5 Å². The zero-order valence-electron chi connectivity index (χ0n) is 34.6. The first-order valence-corrected chi connectivity index (χ1v) is 21.3. The van der Waals surface area contributed by atoms with Crippen LogP contribution in [0.5, 0.6) is 5.75 Å². The van der Waals surface area contributed by atoms with Crippen LogP contribution in [0.4, 0.5) is 11.6 Å². The van der Waals surface area contributed by atoms with Gasteiger partial charge >= 0.3 is 0 Å². The van der Waals surface area contributed by atoms with Crippen molar-refractivity contribution < 1.29 is 28.7 Å². The molecule has 3 aromatic rings. The van der Waals surface area contributed by atoms with Gasteiger partial charge in [-0.3, -0.25) is 39.1 Å². The molecule has 1 atom stereocenters. The number of ether oxygens (including phenoxy) is 1. The number of aromatic nitrogens is 2. The maximum Gasteiger partial charge on any atom is 0.262 e. The van der Waals surface area contributed by atoms with Crippen LogP contribution in [0.15, 0.2) is 48.8 Å². The molecule has 1 saturated carbocycles. The predicted molar refractivity (Wildman–Crippen MR) is 224 cm³/mol. The summed E-state index contributed by atoms with van der Waals surface area (Å²) in [4.78, 5) is 81.2. The zero-order valence-corrected chi connectivity index (χ0v) is 35.3. The molecule has 2 aromatic carbocycles. The average molecular weight is 835 g/mol. The second-order valence-corrected chi connectivity index (χ2v) is 18.5. The van der Waals surface area contributed by atoms with Crippen LogP contribution in [-0.4, -0.2) is 107 Å². The number of fused-ring (bicyclic) bond motifs is 1. The first kappa shape index (κ1) is 41.3. The van der Waals surface area contributed by atoms with Gasteiger partial charge < -0.3 is 14.5 Å². The third-order valence-corrected chi connectivity index (χ3v) is 14.0. The number of hydrogen-bond donors (Lipinski definition) is 1. The molecule has 0 spiro atoms. The maximum atomic E-state index is 13.5. The highest BCUT2D eigenvalue weighted by Crippen LogP contribution is 2.61. The molecule has 1 aromatic heterocycles. The highest BCUT2D eigenvalue weighted by atomic mass is 35.5. The number of anilines is 2. The number of Topliss-reactive ketones (excluding diaryl/α,β-unsaturated/α-hetero) is 1. The molecule has 1 unspecified atom stereocenters. The largest absolute Gasteiger partial charge is 0.489 e. The minimum atomic E-state index is -0.975. The van der Waals surface area contributed by atoms with Crippen LogP contribution >= 0.6 is 11.6 Å². The summed E-state index contributed by atoms with van der Waals surface area (Å²) in [5.74, 6) is -0.0289. The smallest absolute Gasteiger partial charge is 0.262 e. The SMILES string of the molecule is CC1(C)C(CC(=O)c2cnc(N3CCC(CCN4CCN(c5ccc6c(c5)C(=O)N(C5CCC(=O)NC5=O)C6=O)CC4)CC3)nc2)C(C)(C)C1Oc1ccc(C#N)c(Cl)c1. The molecule has 8 rings (SSSR count). The Hall–Kier alpha value is -5.39. The van der Waals surface area contributed by atoms with Crippen LogP contribution in [0, 0.1) is 34.0 Å². The van der Waals surface area contributed by atoms with Gasteiger partial charge in [-0.25, -0.2) is 9.97 Å². The number of nitrogens with one attached hydrogen (secondary N) is 1. The van der Waals surface area contributed by atoms with Crippen LogP contribution in [0.25, 0.3) is 0 Å². The van der Waals surface area contributed by atoms with Crippen LogP contribution in [0.1, 0.15) is 103 Å². The molecule has 3 saturated heterocycles. The summed E-state index contributed by atoms with van der Waals surface area (Å²) in [6, 6.07) is 11.5. The number of rotatable bonds is 11. The molecule has 4 fully saturated rings. The van der Waals surface area contributed by atoms with Crippen LogP contribution < -0.4 is 19.9 Å². The highest BCUT2D eigenvalue weighted by Gasteiger charge is 2.63. The van der Waals surface area contributed by atoms with Crippen LogP contribution in [-0.2, 0) is 9.59 Å². The van der Waals surface area contributed by atoms with Gasteiger partial charge in [0, 0.05) is 87.1 Å². The molecule has 0 bridgehead atoms. The van der Waals surface area contributed by atoms with Crippen molar-refractivity contribution in [1.29, 1.82) is 5.26 Å². The Balaban J connectivity index is 0.769. The summed E-state index contributed by atoms with van der Waals surface area (Å²) < 4.78 is 6.40. The van der Waals surface area contributed by atoms with Crippen molar-refractivity contribution in [2.24, 2.45) is 22.7 Å². The van der Waals surface area contributed by atoms with Crippen molar-refractivity contribution in [3.05, 3.63) is 76.1 Å². The Kier molecular flexibility index (Phi) is 11.2. The lowest BCUT2D eigenvalue weighted by molar-refractivity contribution is -0.196. The number of carbonyl (C=O) groups excluding carboxylic acids is 5. The van der Waals surface area contributed by atoms with Crippen molar-refractivity contribution >= 4 is 52.6 Å². The van der Waals surface area contributed by atoms with E-state index >= 15 is 0 Å². The van der Waals surface area contributed by atoms with E-state index < -0.39 is 29.7 Å². The van der Waals surface area contributed by atoms with Crippen LogP contribution in [0.2, 0.25) is 5.02 Å². The lowest BCUT2D eigenvalue weighted by Gasteiger charge is -2.63. The van der Waals surface area contributed by atoms with Crippen molar-refractivity contribution in [3.8, 4) is 11.8 Å². The number of piperazine rings is 1. The van der Waals surface area contributed by atoms with E-state index in [0.717, 1.165) is 75.7 Å². The molecule has 4 aliphatic heterocycles. The second-order valence-electron chi connectivity index (χ2n) is 18.1. The monoisotopic (exact) mass is 834 g/mol. The summed E-state index contributed by atoms with van der Waals surface area (Å²) in [7, 11) is 0. The lowest BCUT2D eigenvalue weighted by Crippen LogP contribution is -2.66. The Bertz CT molecular complexity index is 2240. The molecular weight excluding hydrogens is 784 g/mol. The summed E-state index contributed by atoms with van der Waals surface area (Å²) in [6.45, 7) is 14.6. The Morgan fingerprint density at radius 1 is 0.883 bits per heavy atom. The molecule has 5 aliphatic rings. The van der Waals surface area contributed by atoms with Gasteiger partial charge in [0.1, 0.15) is 24.0 Å². The summed E-state index contributed by atoms with van der Waals surface area (Å²) in [6.07, 6.45) is 6.97. The summed E-state index contributed by atoms with van der Waals surface area (Å²) in [5.41, 5.74) is 1.84. The number of piperidine rings is 2. The number of ketones is 1. The van der Waals surface area contributed by atoms with Gasteiger partial charge in [-0.15, -0.1) is 0 Å². The third kappa shape index (κ3) is 7.73. The van der Waals surface area contributed by atoms with Crippen molar-refractivity contribution in [1.82, 2.24) is 25.1 Å². The number of nitrogens with zero attached hydrogens (tertiary/aromatic N) is 7. The topological polar surface area (TPSA) is 169 Å². The molecule has 15 heteroatoms. The fourth-order valence-electron chi connectivity index (χ4n) is 10.4. The third-order valence-electron chi connectivity index (χ3n) is 13.7. The molecule has 1 aliphatic carbocycles. The molecule has 314 valence electrons. The van der Waals surface area contributed by atoms with Gasteiger partial charge in [0.25, 0.3) is 11.8 Å². The van der Waals surface area contributed by atoms with E-state index in [1.54, 1.807) is 42.7 Å². The molecule has 0 radical (unpaired) electrons. The number of hydrogen-bond acceptors (Lipinski definition) is 12. The normalized spacial score (nSPS) is 24.1. The standard InChI is InChI=1S/C45H51ClN8O6/c1-44(2)37(45(3,4)42(44)60-31-7-5-28(24-47)34(46)22-31)23-36(55)29-25-48-43(49-26-29)53-15-12-27(13-16-53)11-14-51-17-19-52(20-18-51)30-6-8-32-33(21-30)41(59)54(40(32)58)35-9-10-38(56)50-39(35)57/h5-8,21-22,25-27,35,37,42H,9-20,23H2,1-4H3,(H,50,56,57). The van der Waals surface area contributed by atoms with E-state index in [0.29, 0.717) is 51.3 Å². The zero-order chi connectivity index (χ0) is 42.5. The minimum Gasteiger partial charge on any atom is -0.489 e. The summed E-state index contributed by atoms with van der Waals surface area (Å²) >= 11 is 6.25. The first-order chi connectivity index (χ1) is 28.6. The quantitative estimate of drug-likeness (QED) is 0.190. The Morgan fingerprint density at radius 3 is 2.22 bits per heavy atom. The van der Waals surface area contributed by atoms with Gasteiger partial charge in [0.15, 0.2) is 5.78 Å². The second kappa shape index (κ2) is 16.2. The maximum absolute atomic E-state index is 13.5. The number of nitriles is 1. The van der Waals surface area contributed by atoms with E-state index in [4.69, 9.17) is 16.3 Å². The molecule has 5 heterocycles. The Labute approximate surface area is 355 Å². The molecular formula is C45H51ClN8O6. The number of benzene rings is 2. The van der Waals surface area contributed by atoms with Gasteiger partial charge in [0.2, 0.25) is 17.8 Å². The van der Waals surface area contributed by atoms with Gasteiger partial charge in [0.05, 0.1) is 27.3 Å². The fraction of sp³-hybridized carbons (Fsp3) is 0.511.